The first-order valence-corrected chi connectivity index (χ1v) is 6.95. The molecule has 0 aliphatic rings. The van der Waals surface area contributed by atoms with Crippen molar-refractivity contribution in [2.75, 3.05) is 18.2 Å². The van der Waals surface area contributed by atoms with E-state index in [4.69, 9.17) is 45.3 Å². The molecule has 4 nitrogen and oxygen atoms in total. The standard InChI is InChI=1S/C14H11Cl3N2O2/c1-21-12-3-2-7(15)4-11(12)19-14(20)9-5-8(18)6-10(16)13(9)17/h2-6H,18H2,1H3,(H,19,20). The van der Waals surface area contributed by atoms with Gasteiger partial charge in [-0.05, 0) is 30.3 Å². The summed E-state index contributed by atoms with van der Waals surface area (Å²) in [6.45, 7) is 0. The summed E-state index contributed by atoms with van der Waals surface area (Å²) in [7, 11) is 1.49. The molecule has 2 aromatic rings. The van der Waals surface area contributed by atoms with E-state index in [1.807, 2.05) is 0 Å². The van der Waals surface area contributed by atoms with Gasteiger partial charge in [0.05, 0.1) is 28.4 Å². The summed E-state index contributed by atoms with van der Waals surface area (Å²) in [6, 6.07) is 7.79. The number of carbonyl (C=O) groups is 1. The Morgan fingerprint density at radius 3 is 2.57 bits per heavy atom. The predicted octanol–water partition coefficient (Wildman–Crippen LogP) is 4.49. The number of amides is 1. The number of rotatable bonds is 3. The summed E-state index contributed by atoms with van der Waals surface area (Å²) in [5, 5.41) is 3.47. The SMILES string of the molecule is COc1ccc(Cl)cc1NC(=O)c1cc(N)cc(Cl)c1Cl. The number of methoxy groups -OCH3 is 1. The number of ether oxygens (including phenoxy) is 1. The van der Waals surface area contributed by atoms with Crippen LogP contribution >= 0.6 is 34.8 Å². The Balaban J connectivity index is 2.37. The second kappa shape index (κ2) is 6.43. The lowest BCUT2D eigenvalue weighted by atomic mass is 10.1. The number of hydrogen-bond donors (Lipinski definition) is 2. The monoisotopic (exact) mass is 344 g/mol. The van der Waals surface area contributed by atoms with Crippen LogP contribution in [0.4, 0.5) is 11.4 Å². The number of benzene rings is 2. The van der Waals surface area contributed by atoms with Crippen LogP contribution in [0.5, 0.6) is 5.75 Å². The summed E-state index contributed by atoms with van der Waals surface area (Å²) < 4.78 is 5.16. The van der Waals surface area contributed by atoms with E-state index in [1.54, 1.807) is 18.2 Å². The van der Waals surface area contributed by atoms with Crippen molar-refractivity contribution in [2.24, 2.45) is 0 Å². The summed E-state index contributed by atoms with van der Waals surface area (Å²) in [5.41, 5.74) is 6.60. The highest BCUT2D eigenvalue weighted by Gasteiger charge is 2.16. The molecule has 1 amide bonds. The number of nitrogen functional groups attached to an aromatic ring is 1. The number of nitrogens with two attached hydrogens (primary N) is 1. The summed E-state index contributed by atoms with van der Waals surface area (Å²) >= 11 is 17.8. The Morgan fingerprint density at radius 1 is 1.19 bits per heavy atom. The van der Waals surface area contributed by atoms with Gasteiger partial charge < -0.3 is 15.8 Å². The molecule has 0 unspecified atom stereocenters. The van der Waals surface area contributed by atoms with E-state index in [0.29, 0.717) is 22.1 Å². The minimum atomic E-state index is -0.463. The van der Waals surface area contributed by atoms with Crippen molar-refractivity contribution in [2.45, 2.75) is 0 Å². The maximum atomic E-state index is 12.3. The molecule has 0 heterocycles. The van der Waals surface area contributed by atoms with Gasteiger partial charge in [-0.25, -0.2) is 0 Å². The molecular formula is C14H11Cl3N2O2. The van der Waals surface area contributed by atoms with Gasteiger partial charge in [-0.15, -0.1) is 0 Å². The van der Waals surface area contributed by atoms with Gasteiger partial charge in [-0.3, -0.25) is 4.79 Å². The Bertz CT molecular complexity index is 705. The Labute approximate surface area is 136 Å². The molecule has 0 fully saturated rings. The molecule has 21 heavy (non-hydrogen) atoms. The van der Waals surface area contributed by atoms with Crippen molar-refractivity contribution >= 4 is 52.1 Å². The van der Waals surface area contributed by atoms with Crippen LogP contribution in [0.25, 0.3) is 0 Å². The summed E-state index contributed by atoms with van der Waals surface area (Å²) in [6.07, 6.45) is 0. The van der Waals surface area contributed by atoms with Gasteiger partial charge in [0, 0.05) is 10.7 Å². The van der Waals surface area contributed by atoms with E-state index < -0.39 is 5.91 Å². The first kappa shape index (κ1) is 15.8. The Hall–Kier alpha value is -1.62. The molecule has 0 saturated heterocycles. The van der Waals surface area contributed by atoms with E-state index in [-0.39, 0.29) is 15.6 Å². The third-order valence-electron chi connectivity index (χ3n) is 2.70. The van der Waals surface area contributed by atoms with Crippen molar-refractivity contribution in [3.05, 3.63) is 51.0 Å². The molecule has 0 saturated carbocycles. The van der Waals surface area contributed by atoms with Gasteiger partial charge in [0.1, 0.15) is 5.75 Å². The van der Waals surface area contributed by atoms with Gasteiger partial charge in [0.15, 0.2) is 0 Å². The van der Waals surface area contributed by atoms with Gasteiger partial charge in [-0.1, -0.05) is 34.8 Å². The highest BCUT2D eigenvalue weighted by atomic mass is 35.5. The molecule has 0 spiro atoms. The highest BCUT2D eigenvalue weighted by molar-refractivity contribution is 6.44. The second-order valence-electron chi connectivity index (χ2n) is 4.16. The van der Waals surface area contributed by atoms with Crippen LogP contribution in [0.3, 0.4) is 0 Å². The average Bonchev–Trinajstić information content (AvgIpc) is 2.43. The lowest BCUT2D eigenvalue weighted by molar-refractivity contribution is 0.102. The van der Waals surface area contributed by atoms with Crippen molar-refractivity contribution in [3.8, 4) is 5.75 Å². The minimum Gasteiger partial charge on any atom is -0.495 e. The maximum absolute atomic E-state index is 12.3. The van der Waals surface area contributed by atoms with Crippen molar-refractivity contribution < 1.29 is 9.53 Å². The van der Waals surface area contributed by atoms with Gasteiger partial charge in [0.25, 0.3) is 5.91 Å². The van der Waals surface area contributed by atoms with E-state index in [9.17, 15) is 4.79 Å². The number of hydrogen-bond acceptors (Lipinski definition) is 3. The fourth-order valence-electron chi connectivity index (χ4n) is 1.74. The Kier molecular flexibility index (Phi) is 4.83. The number of carbonyl (C=O) groups excluding carboxylic acids is 1. The zero-order valence-electron chi connectivity index (χ0n) is 10.9. The zero-order valence-corrected chi connectivity index (χ0v) is 13.2. The fourth-order valence-corrected chi connectivity index (χ4v) is 2.34. The smallest absolute Gasteiger partial charge is 0.257 e. The largest absolute Gasteiger partial charge is 0.495 e. The van der Waals surface area contributed by atoms with Gasteiger partial charge >= 0.3 is 0 Å². The van der Waals surface area contributed by atoms with Crippen LogP contribution < -0.4 is 15.8 Å². The molecule has 2 rings (SSSR count). The van der Waals surface area contributed by atoms with Crippen LogP contribution in [-0.2, 0) is 0 Å². The minimum absolute atomic E-state index is 0.129. The Morgan fingerprint density at radius 2 is 1.90 bits per heavy atom. The quantitative estimate of drug-likeness (QED) is 0.806. The fraction of sp³-hybridized carbons (Fsp3) is 0.0714. The molecule has 0 aromatic heterocycles. The number of anilines is 2. The second-order valence-corrected chi connectivity index (χ2v) is 5.38. The molecule has 2 aromatic carbocycles. The van der Waals surface area contributed by atoms with Crippen LogP contribution in [-0.4, -0.2) is 13.0 Å². The molecule has 0 radical (unpaired) electrons. The normalized spacial score (nSPS) is 10.3. The number of halogens is 3. The van der Waals surface area contributed by atoms with Crippen LogP contribution in [0.2, 0.25) is 15.1 Å². The molecule has 0 aliphatic carbocycles. The first-order valence-electron chi connectivity index (χ1n) is 5.81. The first-order chi connectivity index (χ1) is 9.92. The predicted molar refractivity (Wildman–Crippen MR) is 86.8 cm³/mol. The van der Waals surface area contributed by atoms with E-state index in [0.717, 1.165) is 0 Å². The molecular weight excluding hydrogens is 335 g/mol. The number of nitrogens with one attached hydrogen (secondary N) is 1. The summed E-state index contributed by atoms with van der Waals surface area (Å²) in [5.74, 6) is 0.00800. The zero-order chi connectivity index (χ0) is 15.6. The van der Waals surface area contributed by atoms with Crippen LogP contribution in [0, 0.1) is 0 Å². The van der Waals surface area contributed by atoms with Gasteiger partial charge in [-0.2, -0.15) is 0 Å². The highest BCUT2D eigenvalue weighted by Crippen LogP contribution is 2.31. The third-order valence-corrected chi connectivity index (χ3v) is 3.74. The van der Waals surface area contributed by atoms with Gasteiger partial charge in [0.2, 0.25) is 0 Å². The third kappa shape index (κ3) is 3.53. The molecule has 0 bridgehead atoms. The molecule has 0 atom stereocenters. The van der Waals surface area contributed by atoms with E-state index >= 15 is 0 Å². The molecule has 3 N–H and O–H groups in total. The van der Waals surface area contributed by atoms with Crippen LogP contribution in [0.15, 0.2) is 30.3 Å². The van der Waals surface area contributed by atoms with E-state index in [1.165, 1.54) is 19.2 Å². The topological polar surface area (TPSA) is 64.3 Å². The molecule has 110 valence electrons. The van der Waals surface area contributed by atoms with Crippen molar-refractivity contribution in [3.63, 3.8) is 0 Å². The van der Waals surface area contributed by atoms with Crippen molar-refractivity contribution in [1.82, 2.24) is 0 Å². The molecule has 7 heteroatoms. The maximum Gasteiger partial charge on any atom is 0.257 e. The average molecular weight is 346 g/mol. The molecule has 0 aliphatic heterocycles. The van der Waals surface area contributed by atoms with Crippen molar-refractivity contribution in [1.29, 1.82) is 0 Å². The van der Waals surface area contributed by atoms with E-state index in [2.05, 4.69) is 5.32 Å². The lowest BCUT2D eigenvalue weighted by Crippen LogP contribution is -2.14. The van der Waals surface area contributed by atoms with Crippen LogP contribution in [0.1, 0.15) is 10.4 Å². The summed E-state index contributed by atoms with van der Waals surface area (Å²) in [4.78, 5) is 12.3. The lowest BCUT2D eigenvalue weighted by Gasteiger charge is -2.12.